The zero-order valence-electron chi connectivity index (χ0n) is 18.8. The number of rotatable bonds is 6. The van der Waals surface area contributed by atoms with Gasteiger partial charge >= 0.3 is 5.91 Å². The third-order valence-electron chi connectivity index (χ3n) is 4.96. The summed E-state index contributed by atoms with van der Waals surface area (Å²) in [5.74, 6) is -0.0404. The van der Waals surface area contributed by atoms with E-state index in [1.54, 1.807) is 0 Å². The quantitative estimate of drug-likeness (QED) is 0.553. The van der Waals surface area contributed by atoms with Gasteiger partial charge in [0.2, 0.25) is 15.7 Å². The van der Waals surface area contributed by atoms with E-state index in [1.165, 1.54) is 11.7 Å². The summed E-state index contributed by atoms with van der Waals surface area (Å²) in [7, 11) is -2.43. The predicted molar refractivity (Wildman–Crippen MR) is 123 cm³/mol. The zero-order chi connectivity index (χ0) is 23.6. The molecule has 0 spiro atoms. The van der Waals surface area contributed by atoms with Crippen LogP contribution in [0.3, 0.4) is 0 Å². The Morgan fingerprint density at radius 1 is 1.09 bits per heavy atom. The summed E-state index contributed by atoms with van der Waals surface area (Å²) < 4.78 is 26.1. The molecule has 0 bridgehead atoms. The minimum atomic E-state index is -3.96. The Bertz CT molecular complexity index is 1280. The zero-order valence-corrected chi connectivity index (χ0v) is 20.4. The van der Waals surface area contributed by atoms with E-state index in [4.69, 9.17) is 5.14 Å². The van der Waals surface area contributed by atoms with Crippen LogP contribution in [0, 0.1) is 0 Å². The van der Waals surface area contributed by atoms with Gasteiger partial charge in [0.1, 0.15) is 0 Å². The highest BCUT2D eigenvalue weighted by Gasteiger charge is 2.26. The van der Waals surface area contributed by atoms with E-state index in [0.29, 0.717) is 0 Å². The van der Waals surface area contributed by atoms with Gasteiger partial charge in [0.05, 0.1) is 0 Å². The Morgan fingerprint density at radius 2 is 1.66 bits per heavy atom. The maximum absolute atomic E-state index is 12.9. The molecule has 10 heteroatoms. The van der Waals surface area contributed by atoms with Gasteiger partial charge in [-0.3, -0.25) is 4.79 Å². The molecule has 0 aliphatic heterocycles. The van der Waals surface area contributed by atoms with Gasteiger partial charge in [-0.05, 0) is 11.1 Å². The minimum Gasteiger partial charge on any atom is -0.265 e. The second-order valence-electron chi connectivity index (χ2n) is 8.18. The molecule has 0 aliphatic rings. The van der Waals surface area contributed by atoms with Gasteiger partial charge in [-0.15, -0.1) is 5.10 Å². The number of aromatic nitrogens is 3. The lowest BCUT2D eigenvalue weighted by Gasteiger charge is -2.15. The van der Waals surface area contributed by atoms with Crippen LogP contribution in [0.25, 0.3) is 11.1 Å². The van der Waals surface area contributed by atoms with Crippen LogP contribution in [0.5, 0.6) is 0 Å². The SMILES string of the molecule is CC(C)c1cc(-c2ccccc2)cc(C(C)C)[n+]1CC(=O)/N=c1/sc(S(N)(=O)=O)nn1C. The number of benzene rings is 1. The summed E-state index contributed by atoms with van der Waals surface area (Å²) in [5, 5.41) is 8.99. The maximum Gasteiger partial charge on any atom is 0.314 e. The first-order chi connectivity index (χ1) is 15.0. The number of nitrogens with two attached hydrogens (primary N) is 1. The van der Waals surface area contributed by atoms with Gasteiger partial charge in [0.25, 0.3) is 10.0 Å². The number of carbonyl (C=O) groups excluding carboxylic acids is 1. The van der Waals surface area contributed by atoms with Crippen LogP contribution >= 0.6 is 11.3 Å². The normalized spacial score (nSPS) is 12.7. The monoisotopic (exact) mass is 474 g/mol. The first-order valence-electron chi connectivity index (χ1n) is 10.2. The molecule has 0 saturated carbocycles. The van der Waals surface area contributed by atoms with Crippen LogP contribution in [0.15, 0.2) is 51.8 Å². The number of amides is 1. The van der Waals surface area contributed by atoms with E-state index in [1.807, 2.05) is 22.8 Å². The van der Waals surface area contributed by atoms with Crippen LogP contribution in [-0.4, -0.2) is 24.1 Å². The highest BCUT2D eigenvalue weighted by atomic mass is 32.2. The molecule has 0 atom stereocenters. The van der Waals surface area contributed by atoms with Gasteiger partial charge in [0.15, 0.2) is 11.4 Å². The van der Waals surface area contributed by atoms with Crippen molar-refractivity contribution >= 4 is 27.3 Å². The molecule has 2 heterocycles. The van der Waals surface area contributed by atoms with Gasteiger partial charge in [-0.25, -0.2) is 18.2 Å². The van der Waals surface area contributed by atoms with E-state index >= 15 is 0 Å². The van der Waals surface area contributed by atoms with Crippen molar-refractivity contribution in [1.29, 1.82) is 0 Å². The third-order valence-corrected chi connectivity index (χ3v) is 7.27. The molecule has 170 valence electrons. The molecule has 32 heavy (non-hydrogen) atoms. The van der Waals surface area contributed by atoms with Crippen LogP contribution in [-0.2, 0) is 28.4 Å². The lowest BCUT2D eigenvalue weighted by Crippen LogP contribution is -2.46. The topological polar surface area (TPSA) is 111 Å². The predicted octanol–water partition coefficient (Wildman–Crippen LogP) is 2.46. The minimum absolute atomic E-state index is 0.0404. The maximum atomic E-state index is 12.9. The molecule has 1 aromatic carbocycles. The number of aryl methyl sites for hydroxylation is 1. The highest BCUT2D eigenvalue weighted by Crippen LogP contribution is 2.25. The Morgan fingerprint density at radius 3 is 2.12 bits per heavy atom. The fourth-order valence-corrected chi connectivity index (χ4v) is 4.98. The molecule has 0 aliphatic carbocycles. The van der Waals surface area contributed by atoms with E-state index < -0.39 is 15.9 Å². The van der Waals surface area contributed by atoms with Crippen LogP contribution in [0.2, 0.25) is 0 Å². The first-order valence-corrected chi connectivity index (χ1v) is 12.6. The Hall–Kier alpha value is -2.69. The first kappa shape index (κ1) is 24.0. The van der Waals surface area contributed by atoms with Crippen molar-refractivity contribution in [2.45, 2.75) is 50.4 Å². The van der Waals surface area contributed by atoms with Crippen molar-refractivity contribution in [1.82, 2.24) is 9.78 Å². The van der Waals surface area contributed by atoms with Crippen molar-refractivity contribution in [3.63, 3.8) is 0 Å². The van der Waals surface area contributed by atoms with Crippen molar-refractivity contribution in [2.75, 3.05) is 0 Å². The Balaban J connectivity index is 2.07. The number of nitrogens with zero attached hydrogens (tertiary/aromatic N) is 4. The van der Waals surface area contributed by atoms with E-state index in [2.05, 4.69) is 62.1 Å². The van der Waals surface area contributed by atoms with Crippen molar-refractivity contribution in [3.05, 3.63) is 58.7 Å². The summed E-state index contributed by atoms with van der Waals surface area (Å²) >= 11 is 0.768. The smallest absolute Gasteiger partial charge is 0.265 e. The second kappa shape index (κ2) is 9.43. The number of carbonyl (C=O) groups is 1. The summed E-state index contributed by atoms with van der Waals surface area (Å²) in [6.45, 7) is 8.41. The molecule has 2 N–H and O–H groups in total. The second-order valence-corrected chi connectivity index (χ2v) is 10.9. The molecule has 0 unspecified atom stereocenters. The lowest BCUT2D eigenvalue weighted by atomic mass is 9.97. The van der Waals surface area contributed by atoms with E-state index in [9.17, 15) is 13.2 Å². The molecular weight excluding hydrogens is 446 g/mol. The summed E-state index contributed by atoms with van der Waals surface area (Å²) in [4.78, 5) is 17.2. The largest absolute Gasteiger partial charge is 0.314 e. The molecule has 0 radical (unpaired) electrons. The number of hydrogen-bond acceptors (Lipinski definition) is 5. The fraction of sp³-hybridized carbons (Fsp3) is 0.364. The lowest BCUT2D eigenvalue weighted by molar-refractivity contribution is -0.700. The van der Waals surface area contributed by atoms with Crippen LogP contribution in [0.4, 0.5) is 0 Å². The van der Waals surface area contributed by atoms with Gasteiger partial charge < -0.3 is 0 Å². The van der Waals surface area contributed by atoms with Gasteiger partial charge in [-0.2, -0.15) is 9.56 Å². The van der Waals surface area contributed by atoms with Gasteiger partial charge in [-0.1, -0.05) is 69.4 Å². The molecule has 0 fully saturated rings. The average molecular weight is 475 g/mol. The van der Waals surface area contributed by atoms with Crippen LogP contribution < -0.4 is 14.5 Å². The standard InChI is InChI=1S/C22H28N5O3S2/c1-14(2)18-11-17(16-9-7-6-8-10-16)12-19(15(3)4)27(18)13-20(28)24-21-26(5)25-22(31-21)32(23,29)30/h6-12,14-15H,13H2,1-5H3,(H2,23,29,30)/q+1/b24-21+. The number of sulfonamides is 1. The molecular formula is C22H28N5O3S2+. The number of pyridine rings is 1. The fourth-order valence-electron chi connectivity index (χ4n) is 3.42. The highest BCUT2D eigenvalue weighted by molar-refractivity contribution is 7.91. The van der Waals surface area contributed by atoms with Crippen molar-refractivity contribution in [2.24, 2.45) is 17.2 Å². The molecule has 2 aromatic heterocycles. The summed E-state index contributed by atoms with van der Waals surface area (Å²) in [5.41, 5.74) is 4.27. The molecule has 3 aromatic rings. The summed E-state index contributed by atoms with van der Waals surface area (Å²) in [6, 6.07) is 14.4. The van der Waals surface area contributed by atoms with Crippen molar-refractivity contribution in [3.8, 4) is 11.1 Å². The molecule has 3 rings (SSSR count). The van der Waals surface area contributed by atoms with Crippen molar-refractivity contribution < 1.29 is 17.8 Å². The number of hydrogen-bond donors (Lipinski definition) is 1. The Labute approximate surface area is 192 Å². The molecule has 1 amide bonds. The Kier molecular flexibility index (Phi) is 7.06. The van der Waals surface area contributed by atoms with Crippen LogP contribution in [0.1, 0.15) is 50.9 Å². The van der Waals surface area contributed by atoms with Gasteiger partial charge in [0, 0.05) is 31.0 Å². The van der Waals surface area contributed by atoms with E-state index in [-0.39, 0.29) is 27.5 Å². The molecule has 8 nitrogen and oxygen atoms in total. The third kappa shape index (κ3) is 5.37. The summed E-state index contributed by atoms with van der Waals surface area (Å²) in [6.07, 6.45) is 0. The van der Waals surface area contributed by atoms with E-state index in [0.717, 1.165) is 33.9 Å². The average Bonchev–Trinajstić information content (AvgIpc) is 3.09. The number of primary sulfonamides is 1. The molecule has 0 saturated heterocycles.